The van der Waals surface area contributed by atoms with Crippen LogP contribution >= 0.6 is 11.6 Å². The van der Waals surface area contributed by atoms with Crippen molar-refractivity contribution in [1.29, 1.82) is 0 Å². The van der Waals surface area contributed by atoms with Crippen LogP contribution in [0.5, 0.6) is 0 Å². The number of rotatable bonds is 2. The molecule has 3 heteroatoms. The van der Waals surface area contributed by atoms with E-state index < -0.39 is 0 Å². The predicted octanol–water partition coefficient (Wildman–Crippen LogP) is 2.80. The molecule has 1 saturated heterocycles. The molecule has 1 aromatic carbocycles. The Morgan fingerprint density at radius 2 is 2.06 bits per heavy atom. The van der Waals surface area contributed by atoms with Gasteiger partial charge in [0.15, 0.2) is 0 Å². The zero-order chi connectivity index (χ0) is 11.8. The number of amides is 1. The molecule has 0 saturated carbocycles. The molecular weight excluding hydrogens is 222 g/mol. The van der Waals surface area contributed by atoms with Gasteiger partial charge in [-0.05, 0) is 31.0 Å². The van der Waals surface area contributed by atoms with Gasteiger partial charge in [0, 0.05) is 22.9 Å². The Labute approximate surface area is 101 Å². The van der Waals surface area contributed by atoms with Gasteiger partial charge in [0.25, 0.3) is 0 Å². The number of hydrogen-bond donors (Lipinski definition) is 1. The number of hydrogen-bond acceptors (Lipinski definition) is 1. The van der Waals surface area contributed by atoms with Gasteiger partial charge in [0.1, 0.15) is 0 Å². The Hall–Kier alpha value is -1.02. The molecule has 1 aliphatic heterocycles. The summed E-state index contributed by atoms with van der Waals surface area (Å²) < 4.78 is 0. The number of carbonyl (C=O) groups excluding carboxylic acids is 1. The van der Waals surface area contributed by atoms with Gasteiger partial charge in [-0.2, -0.15) is 0 Å². The summed E-state index contributed by atoms with van der Waals surface area (Å²) >= 11 is 5.85. The third kappa shape index (κ3) is 2.22. The van der Waals surface area contributed by atoms with Crippen LogP contribution in [-0.2, 0) is 11.2 Å². The molecule has 0 bridgehead atoms. The number of benzene rings is 1. The molecule has 2 unspecified atom stereocenters. The van der Waals surface area contributed by atoms with Crippen molar-refractivity contribution < 1.29 is 4.79 Å². The van der Waals surface area contributed by atoms with E-state index in [1.165, 1.54) is 5.56 Å². The summed E-state index contributed by atoms with van der Waals surface area (Å²) in [5.74, 6) is 0.156. The van der Waals surface area contributed by atoms with Crippen molar-refractivity contribution in [2.24, 2.45) is 5.41 Å². The highest BCUT2D eigenvalue weighted by molar-refractivity contribution is 6.30. The van der Waals surface area contributed by atoms with Crippen LogP contribution in [0.4, 0.5) is 0 Å². The Balaban J connectivity index is 2.15. The fraction of sp³-hybridized carbons (Fsp3) is 0.462. The highest BCUT2D eigenvalue weighted by Gasteiger charge is 2.40. The van der Waals surface area contributed by atoms with Crippen molar-refractivity contribution in [1.82, 2.24) is 5.32 Å². The summed E-state index contributed by atoms with van der Waals surface area (Å²) in [5, 5.41) is 3.73. The van der Waals surface area contributed by atoms with Crippen molar-refractivity contribution in [3.8, 4) is 0 Å². The second-order valence-electron chi connectivity index (χ2n) is 4.92. The molecule has 0 aromatic heterocycles. The second kappa shape index (κ2) is 4.10. The van der Waals surface area contributed by atoms with Gasteiger partial charge in [-0.15, -0.1) is 0 Å². The fourth-order valence-corrected chi connectivity index (χ4v) is 2.40. The quantitative estimate of drug-likeness (QED) is 0.842. The van der Waals surface area contributed by atoms with Crippen molar-refractivity contribution in [2.45, 2.75) is 32.7 Å². The van der Waals surface area contributed by atoms with E-state index in [-0.39, 0.29) is 17.4 Å². The number of nitrogens with one attached hydrogen (secondary N) is 1. The van der Waals surface area contributed by atoms with Gasteiger partial charge >= 0.3 is 0 Å². The molecule has 0 radical (unpaired) electrons. The van der Waals surface area contributed by atoms with Crippen LogP contribution in [0.15, 0.2) is 24.3 Å². The van der Waals surface area contributed by atoms with Crippen LogP contribution in [0.2, 0.25) is 5.02 Å². The molecule has 0 spiro atoms. The SMILES string of the molecule is CC1NC(=O)CC1(C)Cc1ccc(Cl)cc1. The Bertz CT molecular complexity index is 401. The van der Waals surface area contributed by atoms with E-state index in [1.54, 1.807) is 0 Å². The van der Waals surface area contributed by atoms with Crippen LogP contribution in [0.1, 0.15) is 25.8 Å². The third-order valence-corrected chi connectivity index (χ3v) is 3.76. The summed E-state index contributed by atoms with van der Waals surface area (Å²) in [5.41, 5.74) is 1.25. The standard InChI is InChI=1S/C13H16ClNO/c1-9-13(2,8-12(16)15-9)7-10-3-5-11(14)6-4-10/h3-6,9H,7-8H2,1-2H3,(H,15,16). The molecule has 1 aromatic rings. The molecule has 2 nitrogen and oxygen atoms in total. The molecule has 1 N–H and O–H groups in total. The van der Waals surface area contributed by atoms with Crippen molar-refractivity contribution in [3.05, 3.63) is 34.9 Å². The molecule has 2 atom stereocenters. The molecule has 1 amide bonds. The molecule has 1 aliphatic rings. The molecule has 86 valence electrons. The van der Waals surface area contributed by atoms with E-state index in [9.17, 15) is 4.79 Å². The minimum Gasteiger partial charge on any atom is -0.353 e. The summed E-state index contributed by atoms with van der Waals surface area (Å²) in [6.07, 6.45) is 1.51. The molecule has 16 heavy (non-hydrogen) atoms. The van der Waals surface area contributed by atoms with Crippen LogP contribution in [0.25, 0.3) is 0 Å². The van der Waals surface area contributed by atoms with E-state index in [2.05, 4.69) is 19.2 Å². The lowest BCUT2D eigenvalue weighted by Gasteiger charge is -2.27. The lowest BCUT2D eigenvalue weighted by molar-refractivity contribution is -0.119. The summed E-state index contributed by atoms with van der Waals surface area (Å²) in [6, 6.07) is 8.09. The smallest absolute Gasteiger partial charge is 0.220 e. The van der Waals surface area contributed by atoms with Gasteiger partial charge in [-0.3, -0.25) is 4.79 Å². The molecule has 0 aliphatic carbocycles. The van der Waals surface area contributed by atoms with Crippen LogP contribution in [0, 0.1) is 5.41 Å². The van der Waals surface area contributed by atoms with Gasteiger partial charge < -0.3 is 5.32 Å². The van der Waals surface area contributed by atoms with Crippen molar-refractivity contribution in [3.63, 3.8) is 0 Å². The zero-order valence-electron chi connectivity index (χ0n) is 9.59. The summed E-state index contributed by atoms with van der Waals surface area (Å²) in [6.45, 7) is 4.23. The minimum absolute atomic E-state index is 0.0188. The van der Waals surface area contributed by atoms with Gasteiger partial charge in [-0.25, -0.2) is 0 Å². The number of halogens is 1. The molecular formula is C13H16ClNO. The van der Waals surface area contributed by atoms with Gasteiger partial charge in [0.05, 0.1) is 0 Å². The summed E-state index contributed by atoms with van der Waals surface area (Å²) in [4.78, 5) is 11.4. The Kier molecular flexibility index (Phi) is 2.94. The van der Waals surface area contributed by atoms with E-state index in [0.29, 0.717) is 6.42 Å². The van der Waals surface area contributed by atoms with E-state index >= 15 is 0 Å². The summed E-state index contributed by atoms with van der Waals surface area (Å²) in [7, 11) is 0. The molecule has 1 fully saturated rings. The topological polar surface area (TPSA) is 29.1 Å². The first-order valence-corrected chi connectivity index (χ1v) is 5.91. The minimum atomic E-state index is 0.0188. The Morgan fingerprint density at radius 1 is 1.44 bits per heavy atom. The van der Waals surface area contributed by atoms with Crippen molar-refractivity contribution >= 4 is 17.5 Å². The average molecular weight is 238 g/mol. The first-order valence-electron chi connectivity index (χ1n) is 5.53. The van der Waals surface area contributed by atoms with Crippen LogP contribution in [-0.4, -0.2) is 11.9 Å². The first-order chi connectivity index (χ1) is 7.49. The lowest BCUT2D eigenvalue weighted by Crippen LogP contribution is -2.33. The molecule has 1 heterocycles. The van der Waals surface area contributed by atoms with Gasteiger partial charge in [0.2, 0.25) is 5.91 Å². The number of carbonyl (C=O) groups is 1. The third-order valence-electron chi connectivity index (χ3n) is 3.51. The average Bonchev–Trinajstić information content (AvgIpc) is 2.44. The van der Waals surface area contributed by atoms with Gasteiger partial charge in [-0.1, -0.05) is 30.7 Å². The van der Waals surface area contributed by atoms with Crippen LogP contribution in [0.3, 0.4) is 0 Å². The maximum Gasteiger partial charge on any atom is 0.220 e. The first kappa shape index (κ1) is 11.5. The van der Waals surface area contributed by atoms with E-state index in [4.69, 9.17) is 11.6 Å². The highest BCUT2D eigenvalue weighted by atomic mass is 35.5. The molecule has 2 rings (SSSR count). The van der Waals surface area contributed by atoms with Crippen molar-refractivity contribution in [2.75, 3.05) is 0 Å². The zero-order valence-corrected chi connectivity index (χ0v) is 10.3. The van der Waals surface area contributed by atoms with E-state index in [1.807, 2.05) is 24.3 Å². The Morgan fingerprint density at radius 3 is 2.56 bits per heavy atom. The maximum absolute atomic E-state index is 11.4. The second-order valence-corrected chi connectivity index (χ2v) is 5.36. The van der Waals surface area contributed by atoms with Crippen LogP contribution < -0.4 is 5.32 Å². The maximum atomic E-state index is 11.4. The normalized spacial score (nSPS) is 29.2. The lowest BCUT2D eigenvalue weighted by atomic mass is 9.78. The van der Waals surface area contributed by atoms with E-state index in [0.717, 1.165) is 11.4 Å². The monoisotopic (exact) mass is 237 g/mol. The fourth-order valence-electron chi connectivity index (χ4n) is 2.27. The predicted molar refractivity (Wildman–Crippen MR) is 65.5 cm³/mol. The largest absolute Gasteiger partial charge is 0.353 e. The highest BCUT2D eigenvalue weighted by Crippen LogP contribution is 2.35.